The van der Waals surface area contributed by atoms with Crippen molar-refractivity contribution in [3.05, 3.63) is 87.0 Å². The molecule has 3 heteroatoms. The molecule has 140 valence electrons. The molecule has 1 aliphatic carbocycles. The number of hydrogen-bond donors (Lipinski definition) is 0. The summed E-state index contributed by atoms with van der Waals surface area (Å²) in [5, 5.41) is 2.65. The van der Waals surface area contributed by atoms with E-state index in [1.807, 2.05) is 0 Å². The van der Waals surface area contributed by atoms with Crippen LogP contribution in [0.15, 0.2) is 42.0 Å². The van der Waals surface area contributed by atoms with E-state index in [2.05, 4.69) is 84.0 Å². The van der Waals surface area contributed by atoms with Crippen LogP contribution >= 0.6 is 0 Å². The molecule has 3 aromatic rings. The number of rotatable bonds is 0. The molecule has 1 aliphatic rings. The van der Waals surface area contributed by atoms with E-state index in [1.54, 1.807) is 0 Å². The predicted octanol–water partition coefficient (Wildman–Crippen LogP) is 0.447. The van der Waals surface area contributed by atoms with Crippen LogP contribution in [0, 0.1) is 40.7 Å². The van der Waals surface area contributed by atoms with Crippen molar-refractivity contribution in [1.29, 1.82) is 0 Å². The Hall–Kier alpha value is -0.747. The summed E-state index contributed by atoms with van der Waals surface area (Å²) in [5.41, 5.74) is 11.4. The second-order valence-corrected chi connectivity index (χ2v) is 7.03. The topological polar surface area (TPSA) is 0 Å². The minimum Gasteiger partial charge on any atom is -1.00 e. The quantitative estimate of drug-likeness (QED) is 0.414. The Morgan fingerprint density at radius 1 is 0.815 bits per heavy atom. The van der Waals surface area contributed by atoms with Crippen LogP contribution in [0.5, 0.6) is 0 Å². The number of fused-ring (bicyclic) bond motifs is 3. The van der Waals surface area contributed by atoms with E-state index < -0.39 is 0 Å². The van der Waals surface area contributed by atoms with Gasteiger partial charge in [-0.05, 0) is 0 Å². The molecule has 0 saturated heterocycles. The van der Waals surface area contributed by atoms with Gasteiger partial charge in [0.1, 0.15) is 0 Å². The Morgan fingerprint density at radius 3 is 1.89 bits per heavy atom. The van der Waals surface area contributed by atoms with Crippen molar-refractivity contribution in [3.8, 4) is 0 Å². The Morgan fingerprint density at radius 2 is 1.37 bits per heavy atom. The van der Waals surface area contributed by atoms with Crippen LogP contribution < -0.4 is 24.8 Å². The van der Waals surface area contributed by atoms with Crippen molar-refractivity contribution in [2.45, 2.75) is 48.0 Å². The molecule has 0 aromatic heterocycles. The molecule has 0 radical (unpaired) electrons. The standard InChI is InChI=1S/C14H11.C10H15.2ClH.Zr/c1-10-8-12-7-6-11-4-2-3-5-13(11)14(12)9-10;1-6-7(2)9(4)10(5)8(6)3;;;/h2-7H,8H2,1H3;1-5H3;2*1H;/q2*-1;;;+4/p-2. The molecule has 0 spiro atoms. The first-order chi connectivity index (χ1) is 11.4. The fourth-order valence-electron chi connectivity index (χ4n) is 3.56. The smallest absolute Gasteiger partial charge is 1.00 e. The second-order valence-electron chi connectivity index (χ2n) is 7.03. The van der Waals surface area contributed by atoms with Gasteiger partial charge in [0.15, 0.2) is 0 Å². The van der Waals surface area contributed by atoms with Crippen molar-refractivity contribution in [2.24, 2.45) is 0 Å². The number of hydrogen-bond acceptors (Lipinski definition) is 0. The van der Waals surface area contributed by atoms with Gasteiger partial charge in [0.05, 0.1) is 0 Å². The van der Waals surface area contributed by atoms with Crippen LogP contribution in [0.25, 0.3) is 10.8 Å². The summed E-state index contributed by atoms with van der Waals surface area (Å²) in [6.45, 7) is 13.1. The van der Waals surface area contributed by atoms with E-state index in [-0.39, 0.29) is 51.0 Å². The zero-order chi connectivity index (χ0) is 17.4. The maximum absolute atomic E-state index is 3.46. The molecule has 0 fully saturated rings. The van der Waals surface area contributed by atoms with Crippen LogP contribution in [-0.2, 0) is 32.6 Å². The summed E-state index contributed by atoms with van der Waals surface area (Å²) >= 11 is 0. The molecule has 4 rings (SSSR count). The average Bonchev–Trinajstić information content (AvgIpc) is 3.05. The first-order valence-electron chi connectivity index (χ1n) is 8.70. The summed E-state index contributed by atoms with van der Waals surface area (Å²) in [5.74, 6) is 0. The molecule has 0 N–H and O–H groups in total. The van der Waals surface area contributed by atoms with Crippen molar-refractivity contribution in [3.63, 3.8) is 0 Å². The second kappa shape index (κ2) is 10.7. The van der Waals surface area contributed by atoms with Crippen LogP contribution in [0.2, 0.25) is 0 Å². The van der Waals surface area contributed by atoms with Gasteiger partial charge in [-0.15, -0.1) is 28.7 Å². The Balaban J connectivity index is 0.000000473. The third-order valence-electron chi connectivity index (χ3n) is 5.62. The zero-order valence-electron chi connectivity index (χ0n) is 16.9. The molecule has 0 amide bonds. The van der Waals surface area contributed by atoms with E-state index in [0.717, 1.165) is 6.42 Å². The van der Waals surface area contributed by atoms with E-state index in [1.165, 1.54) is 55.3 Å². The fraction of sp³-hybridized carbons (Fsp3) is 0.292. The van der Waals surface area contributed by atoms with Crippen LogP contribution in [0.3, 0.4) is 0 Å². The first kappa shape index (κ1) is 26.3. The molecule has 27 heavy (non-hydrogen) atoms. The van der Waals surface area contributed by atoms with E-state index in [0.29, 0.717) is 0 Å². The van der Waals surface area contributed by atoms with E-state index in [9.17, 15) is 0 Å². The van der Waals surface area contributed by atoms with Gasteiger partial charge in [-0.25, -0.2) is 0 Å². The maximum atomic E-state index is 3.46. The van der Waals surface area contributed by atoms with Crippen LogP contribution in [0.4, 0.5) is 0 Å². The van der Waals surface area contributed by atoms with Crippen molar-refractivity contribution < 1.29 is 51.0 Å². The van der Waals surface area contributed by atoms with Crippen molar-refractivity contribution in [2.75, 3.05) is 0 Å². The van der Waals surface area contributed by atoms with E-state index >= 15 is 0 Å². The van der Waals surface area contributed by atoms with Gasteiger partial charge in [0.25, 0.3) is 0 Å². The molecule has 0 bridgehead atoms. The van der Waals surface area contributed by atoms with Crippen molar-refractivity contribution >= 4 is 10.8 Å². The molecule has 0 nitrogen and oxygen atoms in total. The van der Waals surface area contributed by atoms with Gasteiger partial charge in [0, 0.05) is 0 Å². The van der Waals surface area contributed by atoms with Gasteiger partial charge < -0.3 is 24.8 Å². The SMILES string of the molecule is CC1=[C-]c2c(ccc3ccccc23)C1.Cc1c(C)c(C)[c-](C)c1C.[Cl-].[Cl-].[Zr+4]. The van der Waals surface area contributed by atoms with Gasteiger partial charge in [-0.2, -0.15) is 39.5 Å². The molecule has 0 heterocycles. The summed E-state index contributed by atoms with van der Waals surface area (Å²) in [6.07, 6.45) is 4.53. The largest absolute Gasteiger partial charge is 4.00 e. The normalized spacial score (nSPS) is 11.3. The third kappa shape index (κ3) is 5.20. The fourth-order valence-corrected chi connectivity index (χ4v) is 3.56. The predicted molar refractivity (Wildman–Crippen MR) is 105 cm³/mol. The van der Waals surface area contributed by atoms with Crippen LogP contribution in [0.1, 0.15) is 45.9 Å². The van der Waals surface area contributed by atoms with Gasteiger partial charge in [-0.1, -0.05) is 77.6 Å². The molecular formula is C24H26Cl2Zr. The average molecular weight is 477 g/mol. The first-order valence-corrected chi connectivity index (χ1v) is 8.70. The summed E-state index contributed by atoms with van der Waals surface area (Å²) in [6, 6.07) is 12.9. The molecule has 0 unspecified atom stereocenters. The van der Waals surface area contributed by atoms with Gasteiger partial charge >= 0.3 is 26.2 Å². The Kier molecular flexibility index (Phi) is 10.4. The summed E-state index contributed by atoms with van der Waals surface area (Å²) in [4.78, 5) is 0. The summed E-state index contributed by atoms with van der Waals surface area (Å²) < 4.78 is 0. The van der Waals surface area contributed by atoms with Gasteiger partial charge in [0.2, 0.25) is 0 Å². The molecule has 0 saturated carbocycles. The number of benzene rings is 2. The van der Waals surface area contributed by atoms with E-state index in [4.69, 9.17) is 0 Å². The zero-order valence-corrected chi connectivity index (χ0v) is 20.9. The molecular weight excluding hydrogens is 450 g/mol. The molecule has 3 aromatic carbocycles. The third-order valence-corrected chi connectivity index (χ3v) is 5.62. The maximum Gasteiger partial charge on any atom is 4.00 e. The number of halogens is 2. The van der Waals surface area contributed by atoms with Gasteiger partial charge in [-0.3, -0.25) is 0 Å². The summed E-state index contributed by atoms with van der Waals surface area (Å²) in [7, 11) is 0. The van der Waals surface area contributed by atoms with Crippen LogP contribution in [-0.4, -0.2) is 0 Å². The Labute approximate surface area is 195 Å². The minimum absolute atomic E-state index is 0. The number of allylic oxidation sites excluding steroid dienone is 1. The van der Waals surface area contributed by atoms with Crippen molar-refractivity contribution in [1.82, 2.24) is 0 Å². The minimum atomic E-state index is 0. The molecule has 0 aliphatic heterocycles. The Bertz CT molecular complexity index is 868. The molecule has 0 atom stereocenters. The monoisotopic (exact) mass is 474 g/mol.